The van der Waals surface area contributed by atoms with Gasteiger partial charge in [-0.15, -0.1) is 0 Å². The van der Waals surface area contributed by atoms with E-state index in [-0.39, 0.29) is 28.2 Å². The van der Waals surface area contributed by atoms with Crippen LogP contribution in [0.1, 0.15) is 40.0 Å². The molecule has 0 aromatic carbocycles. The summed E-state index contributed by atoms with van der Waals surface area (Å²) in [7, 11) is -3.63. The van der Waals surface area contributed by atoms with E-state index >= 15 is 0 Å². The molecule has 2 aliphatic carbocycles. The molecule has 0 radical (unpaired) electrons. The number of amides is 1. The zero-order valence-corrected chi connectivity index (χ0v) is 13.6. The van der Waals surface area contributed by atoms with Gasteiger partial charge in [-0.05, 0) is 37.5 Å². The standard InChI is InChI=1S/C15H23NO4S/c1-9(10(2)17)13(18)16-12-7-11-5-6-15(12,14(11,3)4)8-21(16,19)20/h10-12,17H,1,5-8H2,2-4H3/t10-,11-,12-,15-/m1/s1. The molecule has 0 aromatic heterocycles. The van der Waals surface area contributed by atoms with Gasteiger partial charge in [0.1, 0.15) is 0 Å². The van der Waals surface area contributed by atoms with Crippen LogP contribution in [-0.4, -0.2) is 41.6 Å². The Kier molecular flexibility index (Phi) is 2.94. The van der Waals surface area contributed by atoms with E-state index in [9.17, 15) is 18.3 Å². The molecule has 1 N–H and O–H groups in total. The molecular weight excluding hydrogens is 290 g/mol. The Morgan fingerprint density at radius 2 is 2.05 bits per heavy atom. The van der Waals surface area contributed by atoms with Crippen LogP contribution in [0.25, 0.3) is 0 Å². The van der Waals surface area contributed by atoms with Gasteiger partial charge in [0.2, 0.25) is 10.0 Å². The third-order valence-corrected chi connectivity index (χ3v) is 8.29. The van der Waals surface area contributed by atoms with Gasteiger partial charge in [0.15, 0.2) is 0 Å². The molecule has 1 aliphatic heterocycles. The highest BCUT2D eigenvalue weighted by molar-refractivity contribution is 7.90. The molecule has 1 saturated heterocycles. The predicted molar refractivity (Wildman–Crippen MR) is 78.8 cm³/mol. The molecule has 3 fully saturated rings. The first kappa shape index (κ1) is 15.0. The van der Waals surface area contributed by atoms with Crippen molar-refractivity contribution in [3.8, 4) is 0 Å². The lowest BCUT2D eigenvalue weighted by atomic mass is 9.69. The number of aliphatic hydroxyl groups is 1. The van der Waals surface area contributed by atoms with Gasteiger partial charge >= 0.3 is 0 Å². The molecule has 1 heterocycles. The van der Waals surface area contributed by atoms with Crippen molar-refractivity contribution >= 4 is 15.9 Å². The van der Waals surface area contributed by atoms with E-state index in [1.807, 2.05) is 0 Å². The fourth-order valence-corrected chi connectivity index (χ4v) is 7.42. The zero-order valence-electron chi connectivity index (χ0n) is 12.8. The van der Waals surface area contributed by atoms with Crippen molar-refractivity contribution in [1.82, 2.24) is 4.31 Å². The molecule has 1 amide bonds. The quantitative estimate of drug-likeness (QED) is 0.780. The van der Waals surface area contributed by atoms with Crippen molar-refractivity contribution in [2.75, 3.05) is 5.75 Å². The summed E-state index contributed by atoms with van der Waals surface area (Å²) in [6.45, 7) is 9.28. The second-order valence-electron chi connectivity index (χ2n) is 7.42. The molecule has 6 heteroatoms. The van der Waals surface area contributed by atoms with Gasteiger partial charge in [-0.25, -0.2) is 12.7 Å². The third kappa shape index (κ3) is 1.66. The van der Waals surface area contributed by atoms with Crippen LogP contribution in [0.2, 0.25) is 0 Å². The van der Waals surface area contributed by atoms with Gasteiger partial charge in [-0.3, -0.25) is 4.79 Å². The molecule has 5 nitrogen and oxygen atoms in total. The maximum atomic E-state index is 12.6. The number of carbonyl (C=O) groups is 1. The molecule has 2 saturated carbocycles. The highest BCUT2D eigenvalue weighted by Gasteiger charge is 2.72. The minimum absolute atomic E-state index is 0.0452. The highest BCUT2D eigenvalue weighted by Crippen LogP contribution is 2.70. The first-order valence-corrected chi connectivity index (χ1v) is 9.09. The minimum atomic E-state index is -3.63. The van der Waals surface area contributed by atoms with E-state index in [1.165, 1.54) is 6.92 Å². The highest BCUT2D eigenvalue weighted by atomic mass is 32.2. The van der Waals surface area contributed by atoms with E-state index in [0.717, 1.165) is 23.6 Å². The molecule has 21 heavy (non-hydrogen) atoms. The number of sulfonamides is 1. The van der Waals surface area contributed by atoms with Crippen LogP contribution < -0.4 is 0 Å². The Balaban J connectivity index is 2.05. The second-order valence-corrected chi connectivity index (χ2v) is 9.27. The lowest BCUT2D eigenvalue weighted by molar-refractivity contribution is -0.126. The van der Waals surface area contributed by atoms with E-state index in [4.69, 9.17) is 0 Å². The summed E-state index contributed by atoms with van der Waals surface area (Å²) in [5, 5.41) is 9.55. The van der Waals surface area contributed by atoms with E-state index in [1.54, 1.807) is 0 Å². The number of nitrogens with zero attached hydrogens (tertiary/aromatic N) is 1. The molecule has 0 aromatic rings. The molecule has 3 aliphatic rings. The number of fused-ring (bicyclic) bond motifs is 1. The summed E-state index contributed by atoms with van der Waals surface area (Å²) in [6, 6.07) is -0.265. The summed E-state index contributed by atoms with van der Waals surface area (Å²) in [5.41, 5.74) is -0.437. The summed E-state index contributed by atoms with van der Waals surface area (Å²) < 4.78 is 26.2. The van der Waals surface area contributed by atoms with Crippen molar-refractivity contribution in [1.29, 1.82) is 0 Å². The number of hydrogen-bond donors (Lipinski definition) is 1. The smallest absolute Gasteiger partial charge is 0.265 e. The second kappa shape index (κ2) is 4.10. The molecule has 0 unspecified atom stereocenters. The number of aliphatic hydroxyl groups excluding tert-OH is 1. The Hall–Kier alpha value is -0.880. The Morgan fingerprint density at radius 1 is 1.43 bits per heavy atom. The SMILES string of the molecule is C=C(C(=O)N1[C@@H]2C[C@H]3CC[C@]2(CS1(=O)=O)C3(C)C)[C@@H](C)O. The molecule has 4 atom stereocenters. The Morgan fingerprint density at radius 3 is 2.57 bits per heavy atom. The molecule has 118 valence electrons. The van der Waals surface area contributed by atoms with Gasteiger partial charge < -0.3 is 5.11 Å². The first-order valence-electron chi connectivity index (χ1n) is 7.48. The van der Waals surface area contributed by atoms with Gasteiger partial charge in [0.25, 0.3) is 5.91 Å². The van der Waals surface area contributed by atoms with Crippen molar-refractivity contribution in [3.63, 3.8) is 0 Å². The zero-order chi connectivity index (χ0) is 15.8. The van der Waals surface area contributed by atoms with Crippen LogP contribution in [0, 0.1) is 16.7 Å². The first-order chi connectivity index (χ1) is 9.54. The van der Waals surface area contributed by atoms with Gasteiger partial charge in [0.05, 0.1) is 17.9 Å². The lowest BCUT2D eigenvalue weighted by Gasteiger charge is -2.37. The summed E-state index contributed by atoms with van der Waals surface area (Å²) in [4.78, 5) is 12.5. The monoisotopic (exact) mass is 313 g/mol. The summed E-state index contributed by atoms with van der Waals surface area (Å²) >= 11 is 0. The minimum Gasteiger partial charge on any atom is -0.389 e. The average Bonchev–Trinajstić information content (AvgIpc) is 2.83. The molecule has 1 spiro atoms. The van der Waals surface area contributed by atoms with Crippen LogP contribution >= 0.6 is 0 Å². The summed E-state index contributed by atoms with van der Waals surface area (Å²) in [5.74, 6) is -0.115. The van der Waals surface area contributed by atoms with E-state index < -0.39 is 22.0 Å². The maximum Gasteiger partial charge on any atom is 0.265 e. The van der Waals surface area contributed by atoms with Gasteiger partial charge in [-0.2, -0.15) is 0 Å². The van der Waals surface area contributed by atoms with Gasteiger partial charge in [-0.1, -0.05) is 20.4 Å². The van der Waals surface area contributed by atoms with Crippen LogP contribution in [0.4, 0.5) is 0 Å². The molecule has 2 bridgehead atoms. The van der Waals surface area contributed by atoms with Crippen molar-refractivity contribution in [2.45, 2.75) is 52.2 Å². The third-order valence-electron chi connectivity index (χ3n) is 6.39. The predicted octanol–water partition coefficient (Wildman–Crippen LogP) is 1.29. The fourth-order valence-electron chi connectivity index (χ4n) is 4.88. The molecule has 3 rings (SSSR count). The largest absolute Gasteiger partial charge is 0.389 e. The van der Waals surface area contributed by atoms with Crippen molar-refractivity contribution in [3.05, 3.63) is 12.2 Å². The van der Waals surface area contributed by atoms with Crippen molar-refractivity contribution < 1.29 is 18.3 Å². The average molecular weight is 313 g/mol. The van der Waals surface area contributed by atoms with Crippen LogP contribution in [0.3, 0.4) is 0 Å². The number of carbonyl (C=O) groups excluding carboxylic acids is 1. The Labute approximate surface area is 126 Å². The van der Waals surface area contributed by atoms with Gasteiger partial charge in [0, 0.05) is 11.0 Å². The van der Waals surface area contributed by atoms with Crippen molar-refractivity contribution in [2.24, 2.45) is 16.7 Å². The molecular formula is C15H23NO4S. The number of rotatable bonds is 2. The lowest BCUT2D eigenvalue weighted by Crippen LogP contribution is -2.45. The topological polar surface area (TPSA) is 74.7 Å². The fraction of sp³-hybridized carbons (Fsp3) is 0.800. The van der Waals surface area contributed by atoms with E-state index in [2.05, 4.69) is 20.4 Å². The van der Waals surface area contributed by atoms with Crippen LogP contribution in [0.15, 0.2) is 12.2 Å². The normalized spacial score (nSPS) is 40.1. The summed E-state index contributed by atoms with van der Waals surface area (Å²) in [6.07, 6.45) is 1.61. The van der Waals surface area contributed by atoms with Crippen LogP contribution in [-0.2, 0) is 14.8 Å². The Bertz CT molecular complexity index is 622. The number of hydrogen-bond acceptors (Lipinski definition) is 4. The van der Waals surface area contributed by atoms with Crippen LogP contribution in [0.5, 0.6) is 0 Å². The van der Waals surface area contributed by atoms with E-state index in [0.29, 0.717) is 5.92 Å². The maximum absolute atomic E-state index is 12.6.